The summed E-state index contributed by atoms with van der Waals surface area (Å²) in [5.41, 5.74) is 3.18. The largest absolute Gasteiger partial charge is 0.488 e. The number of thioether (sulfide) groups is 1. The quantitative estimate of drug-likeness (QED) is 0.311. The van der Waals surface area contributed by atoms with E-state index in [1.54, 1.807) is 24.3 Å². The molecule has 0 aliphatic carbocycles. The number of fused-ring (bicyclic) bond motifs is 1. The van der Waals surface area contributed by atoms with E-state index in [9.17, 15) is 9.59 Å². The number of amidine groups is 1. The molecule has 7 heteroatoms. The van der Waals surface area contributed by atoms with Gasteiger partial charge in [-0.05, 0) is 64.0 Å². The van der Waals surface area contributed by atoms with Gasteiger partial charge < -0.3 is 15.2 Å². The fourth-order valence-electron chi connectivity index (χ4n) is 3.81. The summed E-state index contributed by atoms with van der Waals surface area (Å²) in [5, 5.41) is 14.3. The normalized spacial score (nSPS) is 15.4. The van der Waals surface area contributed by atoms with Gasteiger partial charge in [-0.15, -0.1) is 0 Å². The molecule has 0 spiro atoms. The second-order valence-electron chi connectivity index (χ2n) is 8.23. The summed E-state index contributed by atoms with van der Waals surface area (Å²) in [5.74, 6) is -0.426. The third-order valence-corrected chi connectivity index (χ3v) is 6.48. The molecule has 2 N–H and O–H groups in total. The fraction of sp³-hybridized carbons (Fsp3) is 0.0690. The van der Waals surface area contributed by atoms with Gasteiger partial charge in [-0.3, -0.25) is 9.59 Å². The Morgan fingerprint density at radius 1 is 0.917 bits per heavy atom. The summed E-state index contributed by atoms with van der Waals surface area (Å²) < 4.78 is 6.18. The lowest BCUT2D eigenvalue weighted by Crippen LogP contribution is -2.19. The minimum Gasteiger partial charge on any atom is -0.488 e. The first kappa shape index (κ1) is 23.4. The highest BCUT2D eigenvalue weighted by Gasteiger charge is 2.24. The van der Waals surface area contributed by atoms with E-state index in [4.69, 9.17) is 9.84 Å². The van der Waals surface area contributed by atoms with Crippen LogP contribution >= 0.6 is 11.8 Å². The van der Waals surface area contributed by atoms with Crippen molar-refractivity contribution in [3.05, 3.63) is 113 Å². The van der Waals surface area contributed by atoms with Gasteiger partial charge in [-0.1, -0.05) is 66.7 Å². The standard InChI is InChI=1S/C29H22N2O4S/c32-27(33)14-19-10-12-24(13-11-19)30-29-31-28(34)26(36-29)17-23-15-21-8-4-5-9-22(21)16-25(23)35-18-20-6-2-1-3-7-20/h1-13,15-17H,14,18H2,(H,32,33)(H,30,31,34)/b26-17+. The van der Waals surface area contributed by atoms with E-state index in [1.165, 1.54) is 11.8 Å². The second kappa shape index (κ2) is 10.5. The summed E-state index contributed by atoms with van der Waals surface area (Å²) in [6.45, 7) is 0.416. The molecule has 0 radical (unpaired) electrons. The van der Waals surface area contributed by atoms with Crippen LogP contribution in [0.5, 0.6) is 5.75 Å². The van der Waals surface area contributed by atoms with E-state index in [1.807, 2.05) is 72.8 Å². The molecule has 1 aliphatic rings. The van der Waals surface area contributed by atoms with Crippen molar-refractivity contribution in [1.82, 2.24) is 5.32 Å². The molecule has 0 bridgehead atoms. The number of nitrogens with zero attached hydrogens (tertiary/aromatic N) is 1. The van der Waals surface area contributed by atoms with Crippen LogP contribution in [0.4, 0.5) is 5.69 Å². The number of amides is 1. The number of carbonyl (C=O) groups excluding carboxylic acids is 1. The maximum atomic E-state index is 12.7. The third kappa shape index (κ3) is 5.64. The summed E-state index contributed by atoms with van der Waals surface area (Å²) in [6.07, 6.45) is 1.78. The van der Waals surface area contributed by atoms with E-state index >= 15 is 0 Å². The molecule has 5 rings (SSSR count). The maximum Gasteiger partial charge on any atom is 0.307 e. The molecule has 6 nitrogen and oxygen atoms in total. The Morgan fingerprint density at radius 3 is 2.33 bits per heavy atom. The lowest BCUT2D eigenvalue weighted by Gasteiger charge is -2.12. The number of ether oxygens (including phenoxy) is 1. The van der Waals surface area contributed by atoms with Gasteiger partial charge >= 0.3 is 5.97 Å². The number of carboxylic acids is 1. The topological polar surface area (TPSA) is 88.0 Å². The van der Waals surface area contributed by atoms with Crippen LogP contribution in [0.15, 0.2) is 101 Å². The highest BCUT2D eigenvalue weighted by atomic mass is 32.2. The molecular formula is C29H22N2O4S. The van der Waals surface area contributed by atoms with Crippen molar-refractivity contribution in [3.8, 4) is 5.75 Å². The van der Waals surface area contributed by atoms with Gasteiger partial charge in [0.2, 0.25) is 0 Å². The molecule has 0 atom stereocenters. The Balaban J connectivity index is 1.41. The number of aliphatic imine (C=N–C) groups is 1. The lowest BCUT2D eigenvalue weighted by atomic mass is 10.1. The predicted molar refractivity (Wildman–Crippen MR) is 143 cm³/mol. The summed E-state index contributed by atoms with van der Waals surface area (Å²) in [7, 11) is 0. The zero-order valence-electron chi connectivity index (χ0n) is 19.2. The van der Waals surface area contributed by atoms with Gasteiger partial charge in [0, 0.05) is 5.56 Å². The zero-order valence-corrected chi connectivity index (χ0v) is 20.0. The number of carboxylic acid groups (broad SMARTS) is 1. The highest BCUT2D eigenvalue weighted by Crippen LogP contribution is 2.33. The van der Waals surface area contributed by atoms with Gasteiger partial charge in [0.1, 0.15) is 12.4 Å². The number of aliphatic carboxylic acids is 1. The monoisotopic (exact) mass is 494 g/mol. The predicted octanol–water partition coefficient (Wildman–Crippen LogP) is 5.94. The van der Waals surface area contributed by atoms with Crippen molar-refractivity contribution >= 4 is 51.3 Å². The number of rotatable bonds is 7. The van der Waals surface area contributed by atoms with Crippen LogP contribution in [0.1, 0.15) is 16.7 Å². The molecule has 0 aromatic heterocycles. The van der Waals surface area contributed by atoms with Crippen molar-refractivity contribution in [2.75, 3.05) is 0 Å². The molecule has 0 saturated carbocycles. The van der Waals surface area contributed by atoms with Crippen LogP contribution in [-0.2, 0) is 22.6 Å². The van der Waals surface area contributed by atoms with Crippen LogP contribution in [0.25, 0.3) is 16.8 Å². The second-order valence-corrected chi connectivity index (χ2v) is 9.26. The molecule has 0 unspecified atom stereocenters. The van der Waals surface area contributed by atoms with E-state index in [0.717, 1.165) is 21.9 Å². The summed E-state index contributed by atoms with van der Waals surface area (Å²) in [4.78, 5) is 28.6. The Kier molecular flexibility index (Phi) is 6.82. The van der Waals surface area contributed by atoms with Crippen molar-refractivity contribution < 1.29 is 19.4 Å². The molecule has 4 aromatic carbocycles. The van der Waals surface area contributed by atoms with E-state index in [0.29, 0.717) is 33.7 Å². The molecular weight excluding hydrogens is 472 g/mol. The molecule has 1 aliphatic heterocycles. The van der Waals surface area contributed by atoms with Crippen LogP contribution in [0.3, 0.4) is 0 Å². The highest BCUT2D eigenvalue weighted by molar-refractivity contribution is 8.18. The number of hydrogen-bond acceptors (Lipinski definition) is 5. The van der Waals surface area contributed by atoms with E-state index in [-0.39, 0.29) is 12.3 Å². The van der Waals surface area contributed by atoms with Crippen molar-refractivity contribution in [1.29, 1.82) is 0 Å². The van der Waals surface area contributed by atoms with Crippen LogP contribution in [-0.4, -0.2) is 22.2 Å². The zero-order chi connectivity index (χ0) is 24.9. The van der Waals surface area contributed by atoms with Crippen LogP contribution < -0.4 is 10.1 Å². The molecule has 1 amide bonds. The average Bonchev–Trinajstić information content (AvgIpc) is 3.22. The minimum atomic E-state index is -0.886. The van der Waals surface area contributed by atoms with Crippen molar-refractivity contribution in [3.63, 3.8) is 0 Å². The van der Waals surface area contributed by atoms with Crippen LogP contribution in [0.2, 0.25) is 0 Å². The summed E-state index contributed by atoms with van der Waals surface area (Å²) in [6, 6.07) is 28.9. The van der Waals surface area contributed by atoms with E-state index < -0.39 is 5.97 Å². The van der Waals surface area contributed by atoms with Crippen molar-refractivity contribution in [2.45, 2.75) is 13.0 Å². The number of carbonyl (C=O) groups is 2. The number of benzene rings is 4. The SMILES string of the molecule is O=C(O)Cc1ccc(N=C2NC(=O)/C(=C\c3cc4ccccc4cc3OCc3ccccc3)S2)cc1. The molecule has 4 aromatic rings. The van der Waals surface area contributed by atoms with Crippen molar-refractivity contribution in [2.24, 2.45) is 4.99 Å². The molecule has 36 heavy (non-hydrogen) atoms. The fourth-order valence-corrected chi connectivity index (χ4v) is 4.64. The number of hydrogen-bond donors (Lipinski definition) is 2. The molecule has 1 heterocycles. The molecule has 1 saturated heterocycles. The molecule has 1 fully saturated rings. The molecule has 178 valence electrons. The van der Waals surface area contributed by atoms with Gasteiger partial charge in [0.05, 0.1) is 17.0 Å². The Morgan fingerprint density at radius 2 is 1.61 bits per heavy atom. The van der Waals surface area contributed by atoms with Crippen LogP contribution in [0, 0.1) is 0 Å². The average molecular weight is 495 g/mol. The maximum absolute atomic E-state index is 12.7. The van der Waals surface area contributed by atoms with Gasteiger partial charge in [-0.25, -0.2) is 4.99 Å². The third-order valence-electron chi connectivity index (χ3n) is 5.58. The number of nitrogens with one attached hydrogen (secondary N) is 1. The minimum absolute atomic E-state index is 0.0460. The first-order valence-electron chi connectivity index (χ1n) is 11.3. The Hall–Kier alpha value is -4.36. The van der Waals surface area contributed by atoms with E-state index in [2.05, 4.69) is 10.3 Å². The van der Waals surface area contributed by atoms with Gasteiger partial charge in [0.15, 0.2) is 5.17 Å². The Bertz CT molecular complexity index is 1500. The smallest absolute Gasteiger partial charge is 0.307 e. The first-order chi connectivity index (χ1) is 17.5. The first-order valence-corrected chi connectivity index (χ1v) is 12.1. The Labute approximate surface area is 212 Å². The lowest BCUT2D eigenvalue weighted by molar-refractivity contribution is -0.136. The summed E-state index contributed by atoms with van der Waals surface area (Å²) >= 11 is 1.25. The van der Waals surface area contributed by atoms with Gasteiger partial charge in [0.25, 0.3) is 5.91 Å². The van der Waals surface area contributed by atoms with Gasteiger partial charge in [-0.2, -0.15) is 0 Å².